The number of ether oxygens (including phenoxy) is 1. The molecule has 300 valence electrons. The fourth-order valence-corrected chi connectivity index (χ4v) is 7.09. The summed E-state index contributed by atoms with van der Waals surface area (Å²) in [5.41, 5.74) is -2.53. The highest BCUT2D eigenvalue weighted by molar-refractivity contribution is 9.10. The van der Waals surface area contributed by atoms with Gasteiger partial charge in [-0.3, -0.25) is 9.59 Å². The molecule has 0 radical (unpaired) electrons. The maximum Gasteiger partial charge on any atom is 0.433 e. The molecule has 8 rings (SSSR count). The van der Waals surface area contributed by atoms with Crippen molar-refractivity contribution in [2.75, 3.05) is 33.3 Å². The van der Waals surface area contributed by atoms with Crippen molar-refractivity contribution < 1.29 is 55.0 Å². The molecular formula is C36H25BrF6N8O6S. The Labute approximate surface area is 334 Å². The third-order valence-electron chi connectivity index (χ3n) is 8.71. The van der Waals surface area contributed by atoms with Crippen molar-refractivity contribution in [3.05, 3.63) is 111 Å². The van der Waals surface area contributed by atoms with Crippen molar-refractivity contribution >= 4 is 56.3 Å². The summed E-state index contributed by atoms with van der Waals surface area (Å²) in [4.78, 5) is 48.5. The van der Waals surface area contributed by atoms with E-state index >= 15 is 0 Å². The van der Waals surface area contributed by atoms with E-state index in [1.54, 1.807) is 58.8 Å². The average molecular weight is 892 g/mol. The number of rotatable bonds is 6. The number of halogens is 7. The molecule has 0 bridgehead atoms. The van der Waals surface area contributed by atoms with Crippen LogP contribution < -0.4 is 4.74 Å². The molecular weight excluding hydrogens is 866 g/mol. The zero-order valence-electron chi connectivity index (χ0n) is 29.5. The normalized spacial score (nSPS) is 13.4. The summed E-state index contributed by atoms with van der Waals surface area (Å²) in [6.45, 7) is 0.985. The van der Waals surface area contributed by atoms with Crippen molar-refractivity contribution in [3.8, 4) is 27.6 Å². The Morgan fingerprint density at radius 1 is 0.810 bits per heavy atom. The average Bonchev–Trinajstić information content (AvgIpc) is 4.04. The fraction of sp³-hybridized carbons (Fsp3) is 0.194. The van der Waals surface area contributed by atoms with Crippen molar-refractivity contribution in [3.63, 3.8) is 0 Å². The van der Waals surface area contributed by atoms with Gasteiger partial charge in [0, 0.05) is 37.8 Å². The van der Waals surface area contributed by atoms with Gasteiger partial charge >= 0.3 is 18.3 Å². The third-order valence-corrected chi connectivity index (χ3v) is 10.3. The van der Waals surface area contributed by atoms with E-state index in [9.17, 15) is 40.7 Å². The number of benzene rings is 1. The number of hydrogen-bond acceptors (Lipinski definition) is 10. The molecule has 1 N–H and O–H groups in total. The van der Waals surface area contributed by atoms with Gasteiger partial charge < -0.3 is 24.1 Å². The SMILES string of the molecule is COc1ccc(-c2cc(C(F)(F)F)n3nc(C(=O)O)c(Br)c3n2)cc1.O=C(c1cc2nc(-c3cccs3)cc(C(F)(F)F)n2n1)N1CCN(C(=O)c2ccco2)CC1. The second-order valence-electron chi connectivity index (χ2n) is 12.3. The molecule has 7 heterocycles. The summed E-state index contributed by atoms with van der Waals surface area (Å²) >= 11 is 4.24. The number of carbonyl (C=O) groups excluding carboxylic acids is 2. The van der Waals surface area contributed by atoms with Crippen LogP contribution >= 0.6 is 27.3 Å². The van der Waals surface area contributed by atoms with Crippen LogP contribution in [0.3, 0.4) is 0 Å². The standard InChI is InChI=1S/C21H16F3N5O3S.C15H9BrF3N3O3/c22-21(23,24)17-11-13(16-4-2-10-33-16)25-18-12-14(26-29(17)18)19(30)27-5-7-28(8-6-27)20(31)15-3-1-9-32-15;1-25-8-4-2-7(3-5-8)9-6-10(15(17,18)19)22-13(20-9)11(16)12(21-22)14(23)24/h1-4,9-12H,5-8H2;2-6H,1H3,(H,23,24). The Morgan fingerprint density at radius 2 is 1.45 bits per heavy atom. The number of aromatic nitrogens is 6. The van der Waals surface area contributed by atoms with Crippen LogP contribution in [0.2, 0.25) is 0 Å². The van der Waals surface area contributed by atoms with Gasteiger partial charge in [-0.15, -0.1) is 11.3 Å². The lowest BCUT2D eigenvalue weighted by Gasteiger charge is -2.33. The Kier molecular flexibility index (Phi) is 10.7. The maximum absolute atomic E-state index is 13.7. The largest absolute Gasteiger partial charge is 0.497 e. The maximum atomic E-state index is 13.7. The van der Waals surface area contributed by atoms with Crippen molar-refractivity contribution in [1.29, 1.82) is 0 Å². The molecule has 6 aromatic heterocycles. The van der Waals surface area contributed by atoms with E-state index < -0.39 is 41.3 Å². The molecule has 1 aliphatic rings. The van der Waals surface area contributed by atoms with Crippen LogP contribution in [0.5, 0.6) is 5.75 Å². The minimum Gasteiger partial charge on any atom is -0.497 e. The molecule has 1 fully saturated rings. The first-order valence-electron chi connectivity index (χ1n) is 16.7. The number of piperazine rings is 1. The number of alkyl halides is 6. The minimum atomic E-state index is -4.75. The molecule has 0 aliphatic carbocycles. The van der Waals surface area contributed by atoms with Crippen LogP contribution in [-0.2, 0) is 12.4 Å². The molecule has 2 amide bonds. The molecule has 1 aromatic carbocycles. The summed E-state index contributed by atoms with van der Waals surface area (Å²) in [7, 11) is 1.47. The van der Waals surface area contributed by atoms with Gasteiger partial charge in [0.05, 0.1) is 34.1 Å². The Bertz CT molecular complexity index is 2640. The van der Waals surface area contributed by atoms with Crippen LogP contribution in [-0.4, -0.2) is 95.2 Å². The summed E-state index contributed by atoms with van der Waals surface area (Å²) in [5, 5.41) is 18.3. The summed E-state index contributed by atoms with van der Waals surface area (Å²) in [6, 6.07) is 15.9. The number of furan rings is 1. The third kappa shape index (κ3) is 7.96. The predicted octanol–water partition coefficient (Wildman–Crippen LogP) is 7.55. The van der Waals surface area contributed by atoms with Gasteiger partial charge in [0.25, 0.3) is 11.8 Å². The second-order valence-corrected chi connectivity index (χ2v) is 14.1. The monoisotopic (exact) mass is 890 g/mol. The van der Waals surface area contributed by atoms with E-state index in [1.165, 1.54) is 35.7 Å². The lowest BCUT2D eigenvalue weighted by atomic mass is 10.1. The smallest absolute Gasteiger partial charge is 0.433 e. The van der Waals surface area contributed by atoms with Gasteiger partial charge in [-0.25, -0.2) is 23.8 Å². The van der Waals surface area contributed by atoms with E-state index in [2.05, 4.69) is 36.1 Å². The highest BCUT2D eigenvalue weighted by Crippen LogP contribution is 2.36. The van der Waals surface area contributed by atoms with Crippen molar-refractivity contribution in [2.24, 2.45) is 0 Å². The van der Waals surface area contributed by atoms with E-state index in [4.69, 9.17) is 14.3 Å². The number of fused-ring (bicyclic) bond motifs is 2. The van der Waals surface area contributed by atoms with Crippen LogP contribution in [0.15, 0.2) is 87.3 Å². The van der Waals surface area contributed by atoms with E-state index in [1.807, 2.05) is 0 Å². The second kappa shape index (κ2) is 15.6. The van der Waals surface area contributed by atoms with Gasteiger partial charge in [0.2, 0.25) is 0 Å². The molecule has 58 heavy (non-hydrogen) atoms. The molecule has 0 spiro atoms. The quantitative estimate of drug-likeness (QED) is 0.165. The highest BCUT2D eigenvalue weighted by Gasteiger charge is 2.38. The Hall–Kier alpha value is -6.29. The highest BCUT2D eigenvalue weighted by atomic mass is 79.9. The molecule has 14 nitrogen and oxygen atoms in total. The zero-order valence-corrected chi connectivity index (χ0v) is 31.9. The molecule has 1 saturated heterocycles. The number of carboxylic acids is 1. The number of carbonyl (C=O) groups is 3. The van der Waals surface area contributed by atoms with Crippen LogP contribution in [0, 0.1) is 0 Å². The van der Waals surface area contributed by atoms with E-state index in [0.29, 0.717) is 25.2 Å². The predicted molar refractivity (Wildman–Crippen MR) is 196 cm³/mol. The number of carboxylic acid groups (broad SMARTS) is 1. The fourth-order valence-electron chi connectivity index (χ4n) is 5.90. The molecule has 0 saturated carbocycles. The van der Waals surface area contributed by atoms with Gasteiger partial charge in [-0.05, 0) is 75.9 Å². The first kappa shape index (κ1) is 39.9. The minimum absolute atomic E-state index is 0.0278. The van der Waals surface area contributed by atoms with Crippen molar-refractivity contribution in [1.82, 2.24) is 39.0 Å². The van der Waals surface area contributed by atoms with Gasteiger partial charge in [0.15, 0.2) is 39.8 Å². The van der Waals surface area contributed by atoms with Crippen LogP contribution in [0.4, 0.5) is 26.3 Å². The van der Waals surface area contributed by atoms with Gasteiger partial charge in [-0.1, -0.05) is 6.07 Å². The number of thiophene rings is 1. The first-order chi connectivity index (χ1) is 27.5. The van der Waals surface area contributed by atoms with Gasteiger partial charge in [-0.2, -0.15) is 36.5 Å². The molecule has 0 unspecified atom stereocenters. The van der Waals surface area contributed by atoms with Gasteiger partial charge in [0.1, 0.15) is 5.75 Å². The van der Waals surface area contributed by atoms with Crippen molar-refractivity contribution in [2.45, 2.75) is 12.4 Å². The van der Waals surface area contributed by atoms with Crippen LogP contribution in [0.1, 0.15) is 42.9 Å². The summed E-state index contributed by atoms with van der Waals surface area (Å²) in [6.07, 6.45) is -8.02. The molecule has 7 aromatic rings. The zero-order chi connectivity index (χ0) is 41.5. The summed E-state index contributed by atoms with van der Waals surface area (Å²) < 4.78 is 92.5. The lowest BCUT2D eigenvalue weighted by Crippen LogP contribution is -2.50. The molecule has 1 aliphatic heterocycles. The Balaban J connectivity index is 0.000000184. The topological polar surface area (TPSA) is 161 Å². The number of hydrogen-bond donors (Lipinski definition) is 1. The number of amides is 2. The molecule has 22 heteroatoms. The van der Waals surface area contributed by atoms with E-state index in [-0.39, 0.29) is 70.7 Å². The van der Waals surface area contributed by atoms with Crippen LogP contribution in [0.25, 0.3) is 33.1 Å². The summed E-state index contributed by atoms with van der Waals surface area (Å²) in [5.74, 6) is -1.50. The first-order valence-corrected chi connectivity index (χ1v) is 18.4. The number of nitrogens with zero attached hydrogens (tertiary/aromatic N) is 8. The Morgan fingerprint density at radius 3 is 2.02 bits per heavy atom. The van der Waals surface area contributed by atoms with E-state index in [0.717, 1.165) is 12.1 Å². The molecule has 0 atom stereocenters. The number of methoxy groups -OCH3 is 1. The lowest BCUT2D eigenvalue weighted by molar-refractivity contribution is -0.143. The number of aromatic carboxylic acids is 1.